The van der Waals surface area contributed by atoms with Crippen LogP contribution < -0.4 is 0 Å². The number of ketones is 1. The van der Waals surface area contributed by atoms with Crippen LogP contribution >= 0.6 is 0 Å². The van der Waals surface area contributed by atoms with Crippen molar-refractivity contribution in [2.24, 2.45) is 0 Å². The molecule has 142 valence electrons. The highest BCUT2D eigenvalue weighted by Crippen LogP contribution is 2.23. The van der Waals surface area contributed by atoms with Crippen LogP contribution in [0.2, 0.25) is 0 Å². The molecule has 4 heteroatoms. The Morgan fingerprint density at radius 1 is 0.964 bits per heavy atom. The van der Waals surface area contributed by atoms with Crippen molar-refractivity contribution in [3.05, 3.63) is 72.6 Å². The maximum absolute atomic E-state index is 13.6. The van der Waals surface area contributed by atoms with Crippen LogP contribution in [-0.4, -0.2) is 39.4 Å². The molecule has 5 rings (SSSR count). The van der Waals surface area contributed by atoms with Gasteiger partial charge in [-0.2, -0.15) is 0 Å². The molecule has 1 fully saturated rings. The Bertz CT molecular complexity index is 1120. The van der Waals surface area contributed by atoms with Crippen molar-refractivity contribution in [2.75, 3.05) is 13.1 Å². The van der Waals surface area contributed by atoms with E-state index in [4.69, 9.17) is 0 Å². The van der Waals surface area contributed by atoms with Crippen molar-refractivity contribution in [3.8, 4) is 0 Å². The molecule has 1 aliphatic heterocycles. The number of Topliss-reactive ketones (excluding diaryl/α,β-unsaturated/α-hetero) is 1. The maximum atomic E-state index is 13.6. The molecule has 1 N–H and O–H groups in total. The number of nitrogens with one attached hydrogen (secondary N) is 1. The molecule has 3 heterocycles. The third-order valence-corrected chi connectivity index (χ3v) is 6.02. The van der Waals surface area contributed by atoms with Gasteiger partial charge in [0, 0.05) is 40.9 Å². The Balaban J connectivity index is 1.50. The zero-order valence-electron chi connectivity index (χ0n) is 16.0. The minimum absolute atomic E-state index is 0.132. The first-order valence-corrected chi connectivity index (χ1v) is 10.2. The molecule has 4 nitrogen and oxygen atoms in total. The number of para-hydroxylation sites is 1. The van der Waals surface area contributed by atoms with Crippen molar-refractivity contribution >= 4 is 27.6 Å². The van der Waals surface area contributed by atoms with Gasteiger partial charge in [0.15, 0.2) is 5.78 Å². The second kappa shape index (κ2) is 7.28. The van der Waals surface area contributed by atoms with Crippen LogP contribution in [0, 0.1) is 0 Å². The van der Waals surface area contributed by atoms with E-state index in [1.807, 2.05) is 30.5 Å². The smallest absolute Gasteiger partial charge is 0.181 e. The summed E-state index contributed by atoms with van der Waals surface area (Å²) in [4.78, 5) is 19.2. The number of aromatic amines is 1. The molecule has 4 aromatic rings. The molecule has 0 aliphatic carbocycles. The number of benzene rings is 2. The summed E-state index contributed by atoms with van der Waals surface area (Å²) in [6.45, 7) is 2.70. The number of likely N-dealkylation sites (tertiary alicyclic amines) is 1. The predicted molar refractivity (Wildman–Crippen MR) is 114 cm³/mol. The number of rotatable bonds is 5. The van der Waals surface area contributed by atoms with E-state index in [0.29, 0.717) is 6.54 Å². The molecule has 0 amide bonds. The van der Waals surface area contributed by atoms with Gasteiger partial charge in [-0.05, 0) is 67.7 Å². The van der Waals surface area contributed by atoms with Crippen molar-refractivity contribution in [1.82, 2.24) is 14.5 Å². The molecule has 1 atom stereocenters. The lowest BCUT2D eigenvalue weighted by molar-refractivity contribution is 0.0756. The summed E-state index contributed by atoms with van der Waals surface area (Å²) in [6, 6.07) is 18.4. The molecule has 0 spiro atoms. The van der Waals surface area contributed by atoms with E-state index < -0.39 is 0 Å². The molecule has 0 bridgehead atoms. The molecular weight excluding hydrogens is 346 g/mol. The highest BCUT2D eigenvalue weighted by atomic mass is 16.1. The standard InChI is InChI=1S/C24H25N3O/c28-24(20-8-9-21-19(16-20)10-12-25-21)23(26-13-4-1-5-14-26)17-27-15-11-18-6-2-3-7-22(18)27/h2-3,6-12,15-16,23,25H,1,4-5,13-14,17H2. The minimum atomic E-state index is -0.132. The topological polar surface area (TPSA) is 41.0 Å². The number of hydrogen-bond donors (Lipinski definition) is 1. The lowest BCUT2D eigenvalue weighted by Crippen LogP contribution is -2.46. The third kappa shape index (κ3) is 3.14. The zero-order chi connectivity index (χ0) is 18.9. The number of fused-ring (bicyclic) bond motifs is 2. The molecule has 2 aromatic carbocycles. The monoisotopic (exact) mass is 371 g/mol. The fraction of sp³-hybridized carbons (Fsp3) is 0.292. The van der Waals surface area contributed by atoms with Gasteiger partial charge in [0.1, 0.15) is 0 Å². The minimum Gasteiger partial charge on any atom is -0.361 e. The maximum Gasteiger partial charge on any atom is 0.181 e. The Morgan fingerprint density at radius 2 is 1.82 bits per heavy atom. The van der Waals surface area contributed by atoms with Gasteiger partial charge in [0.05, 0.1) is 6.04 Å². The number of H-pyrrole nitrogens is 1. The van der Waals surface area contributed by atoms with Crippen LogP contribution in [0.3, 0.4) is 0 Å². The molecule has 1 aliphatic rings. The molecule has 2 aromatic heterocycles. The number of nitrogens with zero attached hydrogens (tertiary/aromatic N) is 2. The Labute approximate surface area is 164 Å². The highest BCUT2D eigenvalue weighted by Gasteiger charge is 2.28. The average molecular weight is 371 g/mol. The van der Waals surface area contributed by atoms with Crippen molar-refractivity contribution < 1.29 is 4.79 Å². The molecular formula is C24H25N3O. The van der Waals surface area contributed by atoms with Crippen LogP contribution in [0.5, 0.6) is 0 Å². The van der Waals surface area contributed by atoms with Gasteiger partial charge in [-0.25, -0.2) is 0 Å². The predicted octanol–water partition coefficient (Wildman–Crippen LogP) is 4.86. The number of carbonyl (C=O) groups is 1. The van der Waals surface area contributed by atoms with Gasteiger partial charge < -0.3 is 9.55 Å². The van der Waals surface area contributed by atoms with Gasteiger partial charge >= 0.3 is 0 Å². The quantitative estimate of drug-likeness (QED) is 0.509. The molecule has 0 radical (unpaired) electrons. The largest absolute Gasteiger partial charge is 0.361 e. The average Bonchev–Trinajstić information content (AvgIpc) is 3.38. The Morgan fingerprint density at radius 3 is 2.71 bits per heavy atom. The van der Waals surface area contributed by atoms with E-state index in [2.05, 4.69) is 51.0 Å². The van der Waals surface area contributed by atoms with Crippen LogP contribution in [0.4, 0.5) is 0 Å². The van der Waals surface area contributed by atoms with E-state index >= 15 is 0 Å². The molecule has 0 saturated carbocycles. The van der Waals surface area contributed by atoms with E-state index in [9.17, 15) is 4.79 Å². The van der Waals surface area contributed by atoms with E-state index in [1.165, 1.54) is 30.2 Å². The highest BCUT2D eigenvalue weighted by molar-refractivity contribution is 6.02. The molecule has 28 heavy (non-hydrogen) atoms. The summed E-state index contributed by atoms with van der Waals surface area (Å²) in [7, 11) is 0. The third-order valence-electron chi connectivity index (χ3n) is 6.02. The number of piperidine rings is 1. The fourth-order valence-corrected chi connectivity index (χ4v) is 4.48. The van der Waals surface area contributed by atoms with Gasteiger partial charge in [0.25, 0.3) is 0 Å². The van der Waals surface area contributed by atoms with Gasteiger partial charge in [-0.15, -0.1) is 0 Å². The number of aromatic nitrogens is 2. The van der Waals surface area contributed by atoms with Crippen LogP contribution in [0.1, 0.15) is 29.6 Å². The first-order chi connectivity index (χ1) is 13.8. The molecule has 1 saturated heterocycles. The lowest BCUT2D eigenvalue weighted by Gasteiger charge is -2.34. The van der Waals surface area contributed by atoms with Gasteiger partial charge in [0.2, 0.25) is 0 Å². The first-order valence-electron chi connectivity index (χ1n) is 10.2. The van der Waals surface area contributed by atoms with E-state index in [0.717, 1.165) is 29.6 Å². The number of carbonyl (C=O) groups excluding carboxylic acids is 1. The summed E-state index contributed by atoms with van der Waals surface area (Å²) in [6.07, 6.45) is 7.65. The Hall–Kier alpha value is -2.85. The summed E-state index contributed by atoms with van der Waals surface area (Å²) in [5, 5.41) is 2.32. The fourth-order valence-electron chi connectivity index (χ4n) is 4.48. The van der Waals surface area contributed by atoms with E-state index in [1.54, 1.807) is 0 Å². The normalized spacial score (nSPS) is 16.6. The van der Waals surface area contributed by atoms with Crippen molar-refractivity contribution in [3.63, 3.8) is 0 Å². The second-order valence-electron chi connectivity index (χ2n) is 7.78. The van der Waals surface area contributed by atoms with Gasteiger partial charge in [-0.3, -0.25) is 9.69 Å². The van der Waals surface area contributed by atoms with Crippen LogP contribution in [-0.2, 0) is 6.54 Å². The van der Waals surface area contributed by atoms with Gasteiger partial charge in [-0.1, -0.05) is 24.6 Å². The van der Waals surface area contributed by atoms with Crippen LogP contribution in [0.15, 0.2) is 67.0 Å². The lowest BCUT2D eigenvalue weighted by atomic mass is 9.99. The SMILES string of the molecule is O=C(c1ccc2[nH]ccc2c1)C(Cn1ccc2ccccc21)N1CCCCC1. The van der Waals surface area contributed by atoms with E-state index in [-0.39, 0.29) is 11.8 Å². The summed E-state index contributed by atoms with van der Waals surface area (Å²) >= 11 is 0. The Kier molecular flexibility index (Phi) is 4.49. The summed E-state index contributed by atoms with van der Waals surface area (Å²) in [5.74, 6) is 0.225. The summed E-state index contributed by atoms with van der Waals surface area (Å²) < 4.78 is 2.24. The second-order valence-corrected chi connectivity index (χ2v) is 7.78. The van der Waals surface area contributed by atoms with Crippen molar-refractivity contribution in [2.45, 2.75) is 31.8 Å². The van der Waals surface area contributed by atoms with Crippen LogP contribution in [0.25, 0.3) is 21.8 Å². The first kappa shape index (κ1) is 17.3. The zero-order valence-corrected chi connectivity index (χ0v) is 16.0. The summed E-state index contributed by atoms with van der Waals surface area (Å²) in [5.41, 5.74) is 3.07. The van der Waals surface area contributed by atoms with Crippen molar-refractivity contribution in [1.29, 1.82) is 0 Å². The number of hydrogen-bond acceptors (Lipinski definition) is 2. The molecule has 1 unspecified atom stereocenters.